The third-order valence-electron chi connectivity index (χ3n) is 3.41. The highest BCUT2D eigenvalue weighted by molar-refractivity contribution is 7.99. The Kier molecular flexibility index (Phi) is 3.91. The highest BCUT2D eigenvalue weighted by Crippen LogP contribution is 2.36. The fourth-order valence-corrected chi connectivity index (χ4v) is 4.28. The molecule has 1 heterocycles. The van der Waals surface area contributed by atoms with Crippen LogP contribution in [0.5, 0.6) is 0 Å². The van der Waals surface area contributed by atoms with Gasteiger partial charge in [-0.3, -0.25) is 0 Å². The predicted molar refractivity (Wildman–Crippen MR) is 83.8 cm³/mol. The summed E-state index contributed by atoms with van der Waals surface area (Å²) in [6, 6.07) is 8.86. The van der Waals surface area contributed by atoms with Gasteiger partial charge in [0.2, 0.25) is 0 Å². The molecule has 0 radical (unpaired) electrons. The molecule has 1 aromatic heterocycles. The molecule has 19 heavy (non-hydrogen) atoms. The lowest BCUT2D eigenvalue weighted by Gasteiger charge is -2.15. The Labute approximate surface area is 122 Å². The molecule has 100 valence electrons. The smallest absolute Gasteiger partial charge is 0.123 e. The minimum Gasteiger partial charge on any atom is -0.323 e. The van der Waals surface area contributed by atoms with Gasteiger partial charge in [-0.15, -0.1) is 23.1 Å². The zero-order chi connectivity index (χ0) is 13.2. The molecular formula is C15H18N2S2. The highest BCUT2D eigenvalue weighted by Gasteiger charge is 2.22. The van der Waals surface area contributed by atoms with Gasteiger partial charge in [-0.1, -0.05) is 19.1 Å². The Bertz CT molecular complexity index is 560. The van der Waals surface area contributed by atoms with Gasteiger partial charge in [-0.2, -0.15) is 0 Å². The molecule has 0 spiro atoms. The standard InChI is InChI=1S/C15H18N2S2/c1-2-18-11-8-6-10(7-9-11)15-17-14-12(16)4-3-5-13(14)19-15/h6-9,12H,2-5,16H2,1H3. The van der Waals surface area contributed by atoms with Gasteiger partial charge in [0.25, 0.3) is 0 Å². The van der Waals surface area contributed by atoms with Crippen molar-refractivity contribution in [1.82, 2.24) is 4.98 Å². The third kappa shape index (κ3) is 2.71. The fourth-order valence-electron chi connectivity index (χ4n) is 2.44. The Hall–Kier alpha value is -0.840. The van der Waals surface area contributed by atoms with Gasteiger partial charge in [-0.25, -0.2) is 4.98 Å². The summed E-state index contributed by atoms with van der Waals surface area (Å²) in [6.45, 7) is 2.18. The monoisotopic (exact) mass is 290 g/mol. The predicted octanol–water partition coefficient (Wildman–Crippen LogP) is 4.26. The minimum absolute atomic E-state index is 0.142. The zero-order valence-corrected chi connectivity index (χ0v) is 12.7. The van der Waals surface area contributed by atoms with Crippen molar-refractivity contribution in [2.24, 2.45) is 5.73 Å². The van der Waals surface area contributed by atoms with Crippen LogP contribution in [0.1, 0.15) is 36.4 Å². The topological polar surface area (TPSA) is 38.9 Å². The zero-order valence-electron chi connectivity index (χ0n) is 11.1. The second-order valence-electron chi connectivity index (χ2n) is 4.78. The van der Waals surface area contributed by atoms with E-state index in [-0.39, 0.29) is 6.04 Å². The van der Waals surface area contributed by atoms with Gasteiger partial charge in [0.1, 0.15) is 5.01 Å². The summed E-state index contributed by atoms with van der Waals surface area (Å²) < 4.78 is 0. The van der Waals surface area contributed by atoms with Crippen molar-refractivity contribution in [1.29, 1.82) is 0 Å². The molecule has 0 aliphatic heterocycles. The number of rotatable bonds is 3. The third-order valence-corrected chi connectivity index (χ3v) is 5.48. The van der Waals surface area contributed by atoms with E-state index in [1.54, 1.807) is 0 Å². The number of hydrogen-bond acceptors (Lipinski definition) is 4. The van der Waals surface area contributed by atoms with Gasteiger partial charge in [0.15, 0.2) is 0 Å². The highest BCUT2D eigenvalue weighted by atomic mass is 32.2. The molecule has 1 atom stereocenters. The van der Waals surface area contributed by atoms with Crippen LogP contribution >= 0.6 is 23.1 Å². The Morgan fingerprint density at radius 2 is 2.16 bits per heavy atom. The van der Waals surface area contributed by atoms with E-state index in [0.717, 1.165) is 29.3 Å². The quantitative estimate of drug-likeness (QED) is 0.859. The summed E-state index contributed by atoms with van der Waals surface area (Å²) in [5, 5.41) is 1.12. The molecule has 1 aliphatic carbocycles. The molecular weight excluding hydrogens is 272 g/mol. The van der Waals surface area contributed by atoms with Gasteiger partial charge >= 0.3 is 0 Å². The van der Waals surface area contributed by atoms with Crippen LogP contribution in [0.3, 0.4) is 0 Å². The van der Waals surface area contributed by atoms with E-state index in [9.17, 15) is 0 Å². The molecule has 4 heteroatoms. The lowest BCUT2D eigenvalue weighted by Crippen LogP contribution is -2.16. The van der Waals surface area contributed by atoms with Crippen LogP contribution in [0, 0.1) is 0 Å². The van der Waals surface area contributed by atoms with E-state index in [0.29, 0.717) is 0 Å². The summed E-state index contributed by atoms with van der Waals surface area (Å²) in [4.78, 5) is 7.48. The average molecular weight is 290 g/mol. The number of hydrogen-bond donors (Lipinski definition) is 1. The van der Waals surface area contributed by atoms with E-state index in [2.05, 4.69) is 31.2 Å². The number of fused-ring (bicyclic) bond motifs is 1. The van der Waals surface area contributed by atoms with Crippen molar-refractivity contribution in [2.45, 2.75) is 37.1 Å². The van der Waals surface area contributed by atoms with Crippen molar-refractivity contribution in [3.63, 3.8) is 0 Å². The van der Waals surface area contributed by atoms with Gasteiger partial charge in [-0.05, 0) is 37.1 Å². The van der Waals surface area contributed by atoms with Crippen LogP contribution in [0.4, 0.5) is 0 Å². The first-order valence-corrected chi connectivity index (χ1v) is 8.56. The van der Waals surface area contributed by atoms with Crippen LogP contribution in [0.2, 0.25) is 0 Å². The number of nitrogens with two attached hydrogens (primary N) is 1. The molecule has 0 fully saturated rings. The number of aryl methyl sites for hydroxylation is 1. The molecule has 2 nitrogen and oxygen atoms in total. The number of benzene rings is 1. The first kappa shape index (κ1) is 13.2. The maximum absolute atomic E-state index is 6.14. The molecule has 3 rings (SSSR count). The van der Waals surface area contributed by atoms with Crippen molar-refractivity contribution in [2.75, 3.05) is 5.75 Å². The Morgan fingerprint density at radius 3 is 2.84 bits per heavy atom. The number of nitrogens with zero attached hydrogens (tertiary/aromatic N) is 1. The Balaban J connectivity index is 1.89. The molecule has 1 aliphatic rings. The number of thiazole rings is 1. The maximum atomic E-state index is 6.14. The second kappa shape index (κ2) is 5.65. The molecule has 0 saturated heterocycles. The van der Waals surface area contributed by atoms with E-state index in [4.69, 9.17) is 10.7 Å². The van der Waals surface area contributed by atoms with Gasteiger partial charge in [0.05, 0.1) is 5.69 Å². The summed E-state index contributed by atoms with van der Waals surface area (Å²) in [7, 11) is 0. The molecule has 0 bridgehead atoms. The molecule has 2 aromatic rings. The normalized spacial score (nSPS) is 18.3. The minimum atomic E-state index is 0.142. The summed E-state index contributed by atoms with van der Waals surface area (Å²) in [5.41, 5.74) is 8.49. The van der Waals surface area contributed by atoms with Gasteiger partial charge in [0, 0.05) is 21.4 Å². The molecule has 0 saturated carbocycles. The largest absolute Gasteiger partial charge is 0.323 e. The number of aromatic nitrogens is 1. The lowest BCUT2D eigenvalue weighted by molar-refractivity contribution is 0.564. The van der Waals surface area contributed by atoms with Crippen LogP contribution < -0.4 is 5.73 Å². The summed E-state index contributed by atoms with van der Waals surface area (Å²) in [6.07, 6.45) is 3.41. The first-order chi connectivity index (χ1) is 9.28. The SMILES string of the molecule is CCSc1ccc(-c2nc3c(s2)CCCC3N)cc1. The fraction of sp³-hybridized carbons (Fsp3) is 0.400. The van der Waals surface area contributed by atoms with E-state index in [1.807, 2.05) is 23.1 Å². The van der Waals surface area contributed by atoms with E-state index >= 15 is 0 Å². The number of thioether (sulfide) groups is 1. The van der Waals surface area contributed by atoms with Crippen molar-refractivity contribution >= 4 is 23.1 Å². The van der Waals surface area contributed by atoms with Crippen LogP contribution in [-0.2, 0) is 6.42 Å². The molecule has 2 N–H and O–H groups in total. The van der Waals surface area contributed by atoms with E-state index < -0.39 is 0 Å². The van der Waals surface area contributed by atoms with Crippen molar-refractivity contribution in [3.05, 3.63) is 34.8 Å². The van der Waals surface area contributed by atoms with Crippen molar-refractivity contribution < 1.29 is 0 Å². The summed E-state index contributed by atoms with van der Waals surface area (Å²) in [5.74, 6) is 1.11. The Morgan fingerprint density at radius 1 is 1.37 bits per heavy atom. The summed E-state index contributed by atoms with van der Waals surface area (Å²) >= 11 is 3.68. The van der Waals surface area contributed by atoms with Crippen LogP contribution in [0.15, 0.2) is 29.2 Å². The maximum Gasteiger partial charge on any atom is 0.123 e. The van der Waals surface area contributed by atoms with Gasteiger partial charge < -0.3 is 5.73 Å². The van der Waals surface area contributed by atoms with Crippen molar-refractivity contribution in [3.8, 4) is 10.6 Å². The van der Waals surface area contributed by atoms with Crippen LogP contribution in [-0.4, -0.2) is 10.7 Å². The first-order valence-electron chi connectivity index (χ1n) is 6.76. The molecule has 1 unspecified atom stereocenters. The molecule has 0 amide bonds. The van der Waals surface area contributed by atoms with E-state index in [1.165, 1.54) is 21.8 Å². The van der Waals surface area contributed by atoms with Crippen LogP contribution in [0.25, 0.3) is 10.6 Å². The lowest BCUT2D eigenvalue weighted by atomic mass is 9.99. The molecule has 1 aromatic carbocycles. The average Bonchev–Trinajstić information content (AvgIpc) is 2.85. The second-order valence-corrected chi connectivity index (χ2v) is 7.20.